The summed E-state index contributed by atoms with van der Waals surface area (Å²) in [4.78, 5) is 15.3. The standard InChI is InChI=1S/C12H13FN4O3/c1-19-7-10-11(12(18)20-2)15-16-17(10)6-8-3-9(13)5-14-4-8/h3-5H,6-7H2,1-2H3. The van der Waals surface area contributed by atoms with Crippen molar-refractivity contribution in [2.45, 2.75) is 13.2 Å². The summed E-state index contributed by atoms with van der Waals surface area (Å²) in [6.07, 6.45) is 2.62. The maximum atomic E-state index is 13.1. The Hall–Kier alpha value is -2.35. The first-order valence-corrected chi connectivity index (χ1v) is 5.74. The fourth-order valence-corrected chi connectivity index (χ4v) is 1.71. The lowest BCUT2D eigenvalue weighted by Gasteiger charge is -2.06. The molecule has 2 aromatic heterocycles. The van der Waals surface area contributed by atoms with Gasteiger partial charge in [0.05, 0.1) is 32.2 Å². The highest BCUT2D eigenvalue weighted by Gasteiger charge is 2.20. The van der Waals surface area contributed by atoms with Crippen LogP contribution in [0.15, 0.2) is 18.5 Å². The van der Waals surface area contributed by atoms with Crippen LogP contribution in [-0.2, 0) is 22.6 Å². The maximum Gasteiger partial charge on any atom is 0.360 e. The van der Waals surface area contributed by atoms with E-state index in [-0.39, 0.29) is 18.8 Å². The molecule has 0 aliphatic rings. The van der Waals surface area contributed by atoms with Gasteiger partial charge in [-0.2, -0.15) is 0 Å². The van der Waals surface area contributed by atoms with Crippen LogP contribution in [0.1, 0.15) is 21.7 Å². The average Bonchev–Trinajstić information content (AvgIpc) is 2.82. The van der Waals surface area contributed by atoms with Gasteiger partial charge in [0.2, 0.25) is 0 Å². The number of hydrogen-bond donors (Lipinski definition) is 0. The van der Waals surface area contributed by atoms with Gasteiger partial charge in [0.25, 0.3) is 0 Å². The molecule has 0 fully saturated rings. The second-order valence-electron chi connectivity index (χ2n) is 3.98. The molecule has 0 aromatic carbocycles. The Balaban J connectivity index is 2.31. The predicted molar refractivity (Wildman–Crippen MR) is 65.4 cm³/mol. The summed E-state index contributed by atoms with van der Waals surface area (Å²) in [7, 11) is 2.75. The lowest BCUT2D eigenvalue weighted by Crippen LogP contribution is -2.11. The predicted octanol–water partition coefficient (Wildman–Crippen LogP) is 0.793. The number of carbonyl (C=O) groups excluding carboxylic acids is 1. The van der Waals surface area contributed by atoms with E-state index in [1.54, 1.807) is 0 Å². The Morgan fingerprint density at radius 1 is 1.40 bits per heavy atom. The number of ether oxygens (including phenoxy) is 2. The van der Waals surface area contributed by atoms with Crippen LogP contribution in [0.3, 0.4) is 0 Å². The van der Waals surface area contributed by atoms with E-state index in [1.165, 1.54) is 31.2 Å². The molecule has 2 aromatic rings. The summed E-state index contributed by atoms with van der Waals surface area (Å²) in [6.45, 7) is 0.369. The van der Waals surface area contributed by atoms with Gasteiger partial charge in [0.15, 0.2) is 5.69 Å². The largest absolute Gasteiger partial charge is 0.464 e. The molecule has 0 radical (unpaired) electrons. The number of esters is 1. The van der Waals surface area contributed by atoms with Gasteiger partial charge in [0.1, 0.15) is 5.82 Å². The third kappa shape index (κ3) is 2.97. The second-order valence-corrected chi connectivity index (χ2v) is 3.98. The van der Waals surface area contributed by atoms with Crippen LogP contribution in [0.5, 0.6) is 0 Å². The fraction of sp³-hybridized carbons (Fsp3) is 0.333. The van der Waals surface area contributed by atoms with E-state index in [1.807, 2.05) is 0 Å². The van der Waals surface area contributed by atoms with Gasteiger partial charge in [-0.3, -0.25) is 4.98 Å². The molecule has 0 N–H and O–H groups in total. The SMILES string of the molecule is COCc1c(C(=O)OC)nnn1Cc1cncc(F)c1. The zero-order valence-electron chi connectivity index (χ0n) is 11.0. The molecule has 106 valence electrons. The summed E-state index contributed by atoms with van der Waals surface area (Å²) < 4.78 is 24.2. The topological polar surface area (TPSA) is 79.1 Å². The molecule has 0 aliphatic carbocycles. The summed E-state index contributed by atoms with van der Waals surface area (Å²) in [5.41, 5.74) is 1.14. The quantitative estimate of drug-likeness (QED) is 0.753. The highest BCUT2D eigenvalue weighted by Crippen LogP contribution is 2.11. The van der Waals surface area contributed by atoms with Gasteiger partial charge in [-0.05, 0) is 11.6 Å². The van der Waals surface area contributed by atoms with Crippen molar-refractivity contribution < 1.29 is 18.7 Å². The van der Waals surface area contributed by atoms with E-state index in [0.29, 0.717) is 11.3 Å². The van der Waals surface area contributed by atoms with E-state index >= 15 is 0 Å². The van der Waals surface area contributed by atoms with Crippen LogP contribution < -0.4 is 0 Å². The van der Waals surface area contributed by atoms with Crippen molar-refractivity contribution >= 4 is 5.97 Å². The van der Waals surface area contributed by atoms with Crippen molar-refractivity contribution in [1.29, 1.82) is 0 Å². The zero-order valence-corrected chi connectivity index (χ0v) is 11.0. The smallest absolute Gasteiger partial charge is 0.360 e. The number of nitrogens with zero attached hydrogens (tertiary/aromatic N) is 4. The van der Waals surface area contributed by atoms with Crippen LogP contribution in [0.4, 0.5) is 4.39 Å². The molecule has 20 heavy (non-hydrogen) atoms. The van der Waals surface area contributed by atoms with Gasteiger partial charge < -0.3 is 9.47 Å². The molecule has 0 spiro atoms. The second kappa shape index (κ2) is 6.20. The first kappa shape index (κ1) is 14.1. The lowest BCUT2D eigenvalue weighted by molar-refractivity contribution is 0.0588. The number of aromatic nitrogens is 4. The monoisotopic (exact) mass is 280 g/mol. The molecular formula is C12H13FN4O3. The third-order valence-electron chi connectivity index (χ3n) is 2.59. The van der Waals surface area contributed by atoms with Crippen LogP contribution >= 0.6 is 0 Å². The van der Waals surface area contributed by atoms with Gasteiger partial charge >= 0.3 is 5.97 Å². The van der Waals surface area contributed by atoms with Gasteiger partial charge in [-0.1, -0.05) is 5.21 Å². The number of halogens is 1. The van der Waals surface area contributed by atoms with Crippen molar-refractivity contribution in [3.63, 3.8) is 0 Å². The molecule has 0 saturated carbocycles. The van der Waals surface area contributed by atoms with Crippen molar-refractivity contribution in [1.82, 2.24) is 20.0 Å². The highest BCUT2D eigenvalue weighted by molar-refractivity contribution is 5.88. The van der Waals surface area contributed by atoms with E-state index < -0.39 is 11.8 Å². The zero-order chi connectivity index (χ0) is 14.5. The molecule has 0 atom stereocenters. The minimum atomic E-state index is -0.597. The Bertz CT molecular complexity index is 614. The minimum absolute atomic E-state index is 0.0821. The number of carbonyl (C=O) groups is 1. The Kier molecular flexibility index (Phi) is 4.36. The minimum Gasteiger partial charge on any atom is -0.464 e. The summed E-state index contributed by atoms with van der Waals surface area (Å²) in [5.74, 6) is -1.04. The molecule has 0 aliphatic heterocycles. The number of rotatable bonds is 5. The molecule has 2 rings (SSSR count). The maximum absolute atomic E-state index is 13.1. The molecule has 0 unspecified atom stereocenters. The first-order valence-electron chi connectivity index (χ1n) is 5.74. The van der Waals surface area contributed by atoms with E-state index in [0.717, 1.165) is 6.20 Å². The van der Waals surface area contributed by atoms with Crippen molar-refractivity contribution in [2.24, 2.45) is 0 Å². The van der Waals surface area contributed by atoms with Crippen LogP contribution in [0.2, 0.25) is 0 Å². The molecule has 7 nitrogen and oxygen atoms in total. The van der Waals surface area contributed by atoms with E-state index in [9.17, 15) is 9.18 Å². The van der Waals surface area contributed by atoms with Crippen molar-refractivity contribution in [2.75, 3.05) is 14.2 Å². The Labute approximate surface area is 114 Å². The lowest BCUT2D eigenvalue weighted by atomic mass is 10.2. The van der Waals surface area contributed by atoms with Crippen LogP contribution in [-0.4, -0.2) is 40.2 Å². The molecule has 8 heteroatoms. The van der Waals surface area contributed by atoms with Gasteiger partial charge in [0, 0.05) is 13.3 Å². The molecule has 0 bridgehead atoms. The highest BCUT2D eigenvalue weighted by atomic mass is 19.1. The Morgan fingerprint density at radius 2 is 2.20 bits per heavy atom. The fourth-order valence-electron chi connectivity index (χ4n) is 1.71. The molecule has 2 heterocycles. The normalized spacial score (nSPS) is 10.6. The average molecular weight is 280 g/mol. The summed E-state index contributed by atoms with van der Waals surface area (Å²) >= 11 is 0. The van der Waals surface area contributed by atoms with E-state index in [2.05, 4.69) is 20.0 Å². The van der Waals surface area contributed by atoms with Gasteiger partial charge in [-0.25, -0.2) is 13.9 Å². The van der Waals surface area contributed by atoms with Crippen LogP contribution in [0.25, 0.3) is 0 Å². The van der Waals surface area contributed by atoms with Crippen molar-refractivity contribution in [3.05, 3.63) is 41.2 Å². The molecule has 0 saturated heterocycles. The van der Waals surface area contributed by atoms with Gasteiger partial charge in [-0.15, -0.1) is 5.10 Å². The first-order chi connectivity index (χ1) is 9.65. The van der Waals surface area contributed by atoms with Crippen LogP contribution in [0, 0.1) is 5.82 Å². The summed E-state index contributed by atoms with van der Waals surface area (Å²) in [5, 5.41) is 7.63. The Morgan fingerprint density at radius 3 is 2.85 bits per heavy atom. The summed E-state index contributed by atoms with van der Waals surface area (Å²) in [6, 6.07) is 1.34. The number of pyridine rings is 1. The molecular weight excluding hydrogens is 267 g/mol. The third-order valence-corrected chi connectivity index (χ3v) is 2.59. The number of methoxy groups -OCH3 is 2. The number of hydrogen-bond acceptors (Lipinski definition) is 6. The molecule has 0 amide bonds. The van der Waals surface area contributed by atoms with E-state index in [4.69, 9.17) is 4.74 Å². The van der Waals surface area contributed by atoms with Crippen molar-refractivity contribution in [3.8, 4) is 0 Å².